The van der Waals surface area contributed by atoms with Gasteiger partial charge in [-0.2, -0.15) is 0 Å². The van der Waals surface area contributed by atoms with E-state index < -0.39 is 5.60 Å². The quantitative estimate of drug-likeness (QED) is 0.667. The first-order chi connectivity index (χ1) is 6.91. The molecule has 0 rings (SSSR count). The van der Waals surface area contributed by atoms with Gasteiger partial charge >= 0.3 is 0 Å². The molecule has 0 fully saturated rings. The van der Waals surface area contributed by atoms with Crippen molar-refractivity contribution in [3.8, 4) is 0 Å². The van der Waals surface area contributed by atoms with Gasteiger partial charge in [0, 0.05) is 20.3 Å². The van der Waals surface area contributed by atoms with E-state index in [9.17, 15) is 4.79 Å². The molecule has 15 heavy (non-hydrogen) atoms. The van der Waals surface area contributed by atoms with Crippen LogP contribution in [0.4, 0.5) is 0 Å². The van der Waals surface area contributed by atoms with Crippen LogP contribution in [0.25, 0.3) is 0 Å². The van der Waals surface area contributed by atoms with Crippen LogP contribution in [0.3, 0.4) is 0 Å². The fourth-order valence-corrected chi connectivity index (χ4v) is 1.13. The molecular weight excluding hydrogens is 194 g/mol. The second-order valence-electron chi connectivity index (χ2n) is 4.56. The summed E-state index contributed by atoms with van der Waals surface area (Å²) in [5, 5.41) is 11.5. The molecule has 0 heterocycles. The van der Waals surface area contributed by atoms with Crippen LogP contribution in [0.2, 0.25) is 0 Å². The number of ether oxygens (including phenoxy) is 1. The Kier molecular flexibility index (Phi) is 6.52. The number of hydrogen-bond acceptors (Lipinski definition) is 3. The van der Waals surface area contributed by atoms with Crippen molar-refractivity contribution in [2.75, 3.05) is 20.3 Å². The molecule has 1 amide bonds. The monoisotopic (exact) mass is 217 g/mol. The number of amides is 1. The highest BCUT2D eigenvalue weighted by molar-refractivity contribution is 5.76. The van der Waals surface area contributed by atoms with Gasteiger partial charge in [-0.05, 0) is 26.2 Å². The van der Waals surface area contributed by atoms with Crippen LogP contribution < -0.4 is 5.32 Å². The van der Waals surface area contributed by atoms with Crippen molar-refractivity contribution in [3.63, 3.8) is 0 Å². The fourth-order valence-electron chi connectivity index (χ4n) is 1.13. The molecule has 0 aliphatic carbocycles. The lowest BCUT2D eigenvalue weighted by Crippen LogP contribution is -2.35. The summed E-state index contributed by atoms with van der Waals surface area (Å²) in [7, 11) is 1.60. The Balaban J connectivity index is 3.75. The van der Waals surface area contributed by atoms with Crippen molar-refractivity contribution < 1.29 is 14.6 Å². The van der Waals surface area contributed by atoms with E-state index in [0.29, 0.717) is 25.3 Å². The molecule has 4 nitrogen and oxygen atoms in total. The normalized spacial score (nSPS) is 13.7. The van der Waals surface area contributed by atoms with Gasteiger partial charge in [0.15, 0.2) is 0 Å². The summed E-state index contributed by atoms with van der Waals surface area (Å²) < 4.78 is 5.16. The predicted molar refractivity (Wildman–Crippen MR) is 59.6 cm³/mol. The number of aliphatic hydroxyl groups excluding tert-OH is 1. The van der Waals surface area contributed by atoms with Crippen LogP contribution in [0, 0.1) is 5.92 Å². The summed E-state index contributed by atoms with van der Waals surface area (Å²) in [6.07, 6.45) is 1.07. The van der Waals surface area contributed by atoms with Crippen LogP contribution in [0.1, 0.15) is 33.6 Å². The summed E-state index contributed by atoms with van der Waals surface area (Å²) >= 11 is 0. The largest absolute Gasteiger partial charge is 0.396 e. The van der Waals surface area contributed by atoms with Gasteiger partial charge in [0.1, 0.15) is 0 Å². The Labute approximate surface area is 92.0 Å². The van der Waals surface area contributed by atoms with Gasteiger partial charge in [0.05, 0.1) is 12.0 Å². The van der Waals surface area contributed by atoms with Crippen molar-refractivity contribution in [1.29, 1.82) is 0 Å². The molecule has 0 saturated carbocycles. The Morgan fingerprint density at radius 2 is 2.13 bits per heavy atom. The molecule has 90 valence electrons. The lowest BCUT2D eigenvalue weighted by Gasteiger charge is -2.22. The molecule has 0 saturated heterocycles. The summed E-state index contributed by atoms with van der Waals surface area (Å²) in [6.45, 7) is 6.53. The number of carbonyl (C=O) groups is 1. The highest BCUT2D eigenvalue weighted by atomic mass is 16.5. The lowest BCUT2D eigenvalue weighted by atomic mass is 10.0. The van der Waals surface area contributed by atoms with E-state index in [1.54, 1.807) is 7.11 Å². The summed E-state index contributed by atoms with van der Waals surface area (Å²) in [5.74, 6) is 0.302. The summed E-state index contributed by atoms with van der Waals surface area (Å²) in [5.41, 5.74) is -0.412. The second-order valence-corrected chi connectivity index (χ2v) is 4.56. The third-order valence-corrected chi connectivity index (χ3v) is 2.41. The zero-order valence-corrected chi connectivity index (χ0v) is 10.2. The van der Waals surface area contributed by atoms with Gasteiger partial charge in [-0.1, -0.05) is 6.92 Å². The molecule has 0 aromatic carbocycles. The lowest BCUT2D eigenvalue weighted by molar-refractivity contribution is -0.126. The molecule has 1 atom stereocenters. The Morgan fingerprint density at radius 3 is 2.60 bits per heavy atom. The molecule has 1 unspecified atom stereocenters. The van der Waals surface area contributed by atoms with E-state index in [4.69, 9.17) is 9.84 Å². The SMILES string of the molecule is COC(C)(C)CC(=O)NCC(C)CCO. The van der Waals surface area contributed by atoms with E-state index in [1.807, 2.05) is 20.8 Å². The van der Waals surface area contributed by atoms with Crippen LogP contribution in [-0.2, 0) is 9.53 Å². The summed E-state index contributed by atoms with van der Waals surface area (Å²) in [6, 6.07) is 0. The zero-order valence-electron chi connectivity index (χ0n) is 10.2. The molecule has 0 bridgehead atoms. The van der Waals surface area contributed by atoms with Crippen molar-refractivity contribution in [2.45, 2.75) is 39.2 Å². The summed E-state index contributed by atoms with van der Waals surface area (Å²) in [4.78, 5) is 11.5. The average molecular weight is 217 g/mol. The molecule has 4 heteroatoms. The predicted octanol–water partition coefficient (Wildman–Crippen LogP) is 0.936. The van der Waals surface area contributed by atoms with Crippen LogP contribution >= 0.6 is 0 Å². The van der Waals surface area contributed by atoms with Crippen LogP contribution in [-0.4, -0.2) is 36.9 Å². The van der Waals surface area contributed by atoms with E-state index in [1.165, 1.54) is 0 Å². The van der Waals surface area contributed by atoms with Gasteiger partial charge in [0.25, 0.3) is 0 Å². The molecule has 2 N–H and O–H groups in total. The molecule has 0 aliphatic rings. The van der Waals surface area contributed by atoms with E-state index in [0.717, 1.165) is 0 Å². The maximum Gasteiger partial charge on any atom is 0.222 e. The number of methoxy groups -OCH3 is 1. The fraction of sp³-hybridized carbons (Fsp3) is 0.909. The van der Waals surface area contributed by atoms with Gasteiger partial charge in [-0.25, -0.2) is 0 Å². The highest BCUT2D eigenvalue weighted by Crippen LogP contribution is 2.12. The van der Waals surface area contributed by atoms with Crippen molar-refractivity contribution in [3.05, 3.63) is 0 Å². The van der Waals surface area contributed by atoms with Gasteiger partial charge in [-0.15, -0.1) is 0 Å². The number of carbonyl (C=O) groups excluding carboxylic acids is 1. The maximum absolute atomic E-state index is 11.5. The van der Waals surface area contributed by atoms with Crippen LogP contribution in [0.15, 0.2) is 0 Å². The third kappa shape index (κ3) is 7.33. The molecular formula is C11H23NO3. The molecule has 0 aliphatic heterocycles. The first kappa shape index (κ1) is 14.4. The third-order valence-electron chi connectivity index (χ3n) is 2.41. The molecule has 0 spiro atoms. The van der Waals surface area contributed by atoms with Crippen LogP contribution in [0.5, 0.6) is 0 Å². The number of rotatable bonds is 7. The Morgan fingerprint density at radius 1 is 1.53 bits per heavy atom. The van der Waals surface area contributed by atoms with E-state index >= 15 is 0 Å². The van der Waals surface area contributed by atoms with Crippen molar-refractivity contribution in [2.24, 2.45) is 5.92 Å². The molecule has 0 aromatic rings. The van der Waals surface area contributed by atoms with Gasteiger partial charge in [-0.3, -0.25) is 4.79 Å². The minimum Gasteiger partial charge on any atom is -0.396 e. The first-order valence-corrected chi connectivity index (χ1v) is 5.34. The molecule has 0 radical (unpaired) electrons. The van der Waals surface area contributed by atoms with E-state index in [-0.39, 0.29) is 12.5 Å². The Bertz CT molecular complexity index is 192. The van der Waals surface area contributed by atoms with E-state index in [2.05, 4.69) is 5.32 Å². The average Bonchev–Trinajstić information content (AvgIpc) is 2.15. The molecule has 0 aromatic heterocycles. The minimum absolute atomic E-state index is 0.00774. The topological polar surface area (TPSA) is 58.6 Å². The second kappa shape index (κ2) is 6.80. The van der Waals surface area contributed by atoms with Crippen molar-refractivity contribution in [1.82, 2.24) is 5.32 Å². The smallest absolute Gasteiger partial charge is 0.222 e. The first-order valence-electron chi connectivity index (χ1n) is 5.34. The zero-order chi connectivity index (χ0) is 11.9. The maximum atomic E-state index is 11.5. The number of nitrogens with one attached hydrogen (secondary N) is 1. The number of aliphatic hydroxyl groups is 1. The van der Waals surface area contributed by atoms with Crippen molar-refractivity contribution >= 4 is 5.91 Å². The highest BCUT2D eigenvalue weighted by Gasteiger charge is 2.20. The standard InChI is InChI=1S/C11H23NO3/c1-9(5-6-13)8-12-10(14)7-11(2,3)15-4/h9,13H,5-8H2,1-4H3,(H,12,14). The minimum atomic E-state index is -0.412. The Hall–Kier alpha value is -0.610. The number of hydrogen-bond donors (Lipinski definition) is 2. The van der Waals surface area contributed by atoms with Gasteiger partial charge < -0.3 is 15.2 Å². The van der Waals surface area contributed by atoms with Gasteiger partial charge in [0.2, 0.25) is 5.91 Å².